The molecule has 1 unspecified atom stereocenters. The molecule has 4 nitrogen and oxygen atoms in total. The quantitative estimate of drug-likeness (QED) is 0.647. The normalized spacial score (nSPS) is 11.7. The number of halogens is 1. The Labute approximate surface area is 164 Å². The van der Waals surface area contributed by atoms with Crippen LogP contribution in [-0.2, 0) is 4.79 Å². The first-order chi connectivity index (χ1) is 13.0. The fourth-order valence-corrected chi connectivity index (χ4v) is 3.23. The van der Waals surface area contributed by atoms with Gasteiger partial charge >= 0.3 is 0 Å². The van der Waals surface area contributed by atoms with Crippen LogP contribution < -0.4 is 15.4 Å². The molecule has 0 saturated carbocycles. The average molecular weight is 381 g/mol. The Bertz CT molecular complexity index is 944. The van der Waals surface area contributed by atoms with Gasteiger partial charge in [0.05, 0.1) is 0 Å². The lowest BCUT2D eigenvalue weighted by molar-refractivity contribution is -0.119. The lowest BCUT2D eigenvalue weighted by Crippen LogP contribution is -2.35. The Hall–Kier alpha value is -2.98. The number of hydrogen-bond acceptors (Lipinski definition) is 3. The molecule has 0 aromatic heterocycles. The zero-order valence-electron chi connectivity index (χ0n) is 15.2. The molecule has 3 aromatic rings. The second-order valence-electron chi connectivity index (χ2n) is 6.33. The molecule has 27 heavy (non-hydrogen) atoms. The summed E-state index contributed by atoms with van der Waals surface area (Å²) in [6.45, 7) is 1.98. The molecular weight excluding hydrogens is 360 g/mol. The van der Waals surface area contributed by atoms with E-state index in [0.29, 0.717) is 16.5 Å². The molecule has 2 N–H and O–H groups in total. The summed E-state index contributed by atoms with van der Waals surface area (Å²) in [5, 5.41) is 0.606. The highest BCUT2D eigenvalue weighted by Crippen LogP contribution is 2.33. The summed E-state index contributed by atoms with van der Waals surface area (Å²) in [6.07, 6.45) is 0. The molecule has 138 valence electrons. The standard InChI is InChI=1S/C22H21ClN2O2/c1-15-11-12-19(27-18-10-6-9-17(23)13-18)14-20(15)25(2)21(22(24)26)16-7-4-3-5-8-16/h3-14,21H,1-2H3,(H2,24,26). The topological polar surface area (TPSA) is 55.6 Å². The molecule has 3 rings (SSSR count). The van der Waals surface area contributed by atoms with Gasteiger partial charge < -0.3 is 15.4 Å². The van der Waals surface area contributed by atoms with E-state index in [9.17, 15) is 4.79 Å². The molecule has 0 radical (unpaired) electrons. The van der Waals surface area contributed by atoms with E-state index in [-0.39, 0.29) is 0 Å². The molecule has 0 aliphatic heterocycles. The molecule has 0 aliphatic carbocycles. The predicted molar refractivity (Wildman–Crippen MR) is 109 cm³/mol. The summed E-state index contributed by atoms with van der Waals surface area (Å²) in [5.74, 6) is 0.889. The predicted octanol–water partition coefficient (Wildman–Crippen LogP) is 5.10. The number of benzene rings is 3. The third-order valence-electron chi connectivity index (χ3n) is 4.36. The largest absolute Gasteiger partial charge is 0.457 e. The van der Waals surface area contributed by atoms with Crippen molar-refractivity contribution in [1.29, 1.82) is 0 Å². The van der Waals surface area contributed by atoms with Crippen molar-refractivity contribution in [3.8, 4) is 11.5 Å². The number of nitrogens with zero attached hydrogens (tertiary/aromatic N) is 1. The minimum atomic E-state index is -0.577. The molecule has 1 amide bonds. The third-order valence-corrected chi connectivity index (χ3v) is 4.60. The molecule has 0 spiro atoms. The van der Waals surface area contributed by atoms with Gasteiger partial charge in [0, 0.05) is 23.8 Å². The number of hydrogen-bond donors (Lipinski definition) is 1. The van der Waals surface area contributed by atoms with Crippen LogP contribution in [0.4, 0.5) is 5.69 Å². The van der Waals surface area contributed by atoms with E-state index in [1.807, 2.05) is 79.5 Å². The van der Waals surface area contributed by atoms with Crippen LogP contribution in [0.15, 0.2) is 72.8 Å². The molecule has 0 fully saturated rings. The first-order valence-electron chi connectivity index (χ1n) is 8.57. The molecule has 0 heterocycles. The third kappa shape index (κ3) is 4.41. The number of anilines is 1. The maximum Gasteiger partial charge on any atom is 0.244 e. The van der Waals surface area contributed by atoms with E-state index in [2.05, 4.69) is 0 Å². The highest BCUT2D eigenvalue weighted by atomic mass is 35.5. The summed E-state index contributed by atoms with van der Waals surface area (Å²) in [7, 11) is 1.86. The van der Waals surface area contributed by atoms with Crippen molar-refractivity contribution < 1.29 is 9.53 Å². The maximum atomic E-state index is 12.2. The van der Waals surface area contributed by atoms with Crippen LogP contribution in [0, 0.1) is 6.92 Å². The number of ether oxygens (including phenoxy) is 1. The molecule has 0 saturated heterocycles. The van der Waals surface area contributed by atoms with Gasteiger partial charge in [0.15, 0.2) is 0 Å². The van der Waals surface area contributed by atoms with Gasteiger partial charge in [-0.25, -0.2) is 0 Å². The monoisotopic (exact) mass is 380 g/mol. The lowest BCUT2D eigenvalue weighted by Gasteiger charge is -2.29. The highest BCUT2D eigenvalue weighted by Gasteiger charge is 2.24. The van der Waals surface area contributed by atoms with Gasteiger partial charge in [-0.2, -0.15) is 0 Å². The fourth-order valence-electron chi connectivity index (χ4n) is 3.05. The van der Waals surface area contributed by atoms with E-state index in [1.165, 1.54) is 0 Å². The zero-order valence-corrected chi connectivity index (χ0v) is 16.0. The van der Waals surface area contributed by atoms with Crippen molar-refractivity contribution in [2.75, 3.05) is 11.9 Å². The molecule has 3 aromatic carbocycles. The molecule has 0 bridgehead atoms. The van der Waals surface area contributed by atoms with Crippen molar-refractivity contribution in [2.24, 2.45) is 5.73 Å². The number of aryl methyl sites for hydroxylation is 1. The molecule has 1 atom stereocenters. The van der Waals surface area contributed by atoms with Crippen LogP contribution in [-0.4, -0.2) is 13.0 Å². The first-order valence-corrected chi connectivity index (χ1v) is 8.94. The first kappa shape index (κ1) is 18.8. The van der Waals surface area contributed by atoms with Gasteiger partial charge in [0.2, 0.25) is 5.91 Å². The van der Waals surface area contributed by atoms with Crippen molar-refractivity contribution in [3.05, 3.63) is 88.9 Å². The summed E-state index contributed by atoms with van der Waals surface area (Å²) in [5.41, 5.74) is 8.42. The number of rotatable bonds is 6. The van der Waals surface area contributed by atoms with Gasteiger partial charge in [-0.3, -0.25) is 4.79 Å². The van der Waals surface area contributed by atoms with Crippen LogP contribution in [0.2, 0.25) is 5.02 Å². The van der Waals surface area contributed by atoms with E-state index >= 15 is 0 Å². The fraction of sp³-hybridized carbons (Fsp3) is 0.136. The SMILES string of the molecule is Cc1ccc(Oc2cccc(Cl)c2)cc1N(C)C(C(N)=O)c1ccccc1. The van der Waals surface area contributed by atoms with E-state index in [0.717, 1.165) is 16.8 Å². The minimum Gasteiger partial charge on any atom is -0.457 e. The average Bonchev–Trinajstić information content (AvgIpc) is 2.64. The van der Waals surface area contributed by atoms with Crippen molar-refractivity contribution in [1.82, 2.24) is 0 Å². The Balaban J connectivity index is 1.94. The Morgan fingerprint density at radius 2 is 1.70 bits per heavy atom. The lowest BCUT2D eigenvalue weighted by atomic mass is 10.0. The molecular formula is C22H21ClN2O2. The summed E-state index contributed by atoms with van der Waals surface area (Å²) in [4.78, 5) is 14.0. The number of carbonyl (C=O) groups is 1. The van der Waals surface area contributed by atoms with Crippen molar-refractivity contribution in [3.63, 3.8) is 0 Å². The maximum absolute atomic E-state index is 12.2. The number of amides is 1. The summed E-state index contributed by atoms with van der Waals surface area (Å²) in [6, 6.07) is 21.9. The van der Waals surface area contributed by atoms with Crippen LogP contribution >= 0.6 is 11.6 Å². The second-order valence-corrected chi connectivity index (χ2v) is 6.77. The zero-order chi connectivity index (χ0) is 19.4. The number of likely N-dealkylation sites (N-methyl/N-ethyl adjacent to an activating group) is 1. The van der Waals surface area contributed by atoms with Gasteiger partial charge in [0.1, 0.15) is 17.5 Å². The van der Waals surface area contributed by atoms with Crippen molar-refractivity contribution >= 4 is 23.2 Å². The van der Waals surface area contributed by atoms with Crippen molar-refractivity contribution in [2.45, 2.75) is 13.0 Å². The van der Waals surface area contributed by atoms with Crippen LogP contribution in [0.3, 0.4) is 0 Å². The summed E-state index contributed by atoms with van der Waals surface area (Å²) < 4.78 is 5.92. The Morgan fingerprint density at radius 1 is 1.00 bits per heavy atom. The molecule has 5 heteroatoms. The number of carbonyl (C=O) groups excluding carboxylic acids is 1. The van der Waals surface area contributed by atoms with Crippen LogP contribution in [0.1, 0.15) is 17.2 Å². The summed E-state index contributed by atoms with van der Waals surface area (Å²) >= 11 is 6.02. The highest BCUT2D eigenvalue weighted by molar-refractivity contribution is 6.30. The van der Waals surface area contributed by atoms with Gasteiger partial charge in [-0.1, -0.05) is 54.1 Å². The second kappa shape index (κ2) is 8.14. The van der Waals surface area contributed by atoms with E-state index in [4.69, 9.17) is 22.1 Å². The smallest absolute Gasteiger partial charge is 0.244 e. The number of primary amides is 1. The van der Waals surface area contributed by atoms with Gasteiger partial charge in [-0.15, -0.1) is 0 Å². The van der Waals surface area contributed by atoms with Crippen LogP contribution in [0.5, 0.6) is 11.5 Å². The number of nitrogens with two attached hydrogens (primary N) is 1. The Kier molecular flexibility index (Phi) is 5.67. The van der Waals surface area contributed by atoms with E-state index in [1.54, 1.807) is 12.1 Å². The van der Waals surface area contributed by atoms with Crippen LogP contribution in [0.25, 0.3) is 0 Å². The van der Waals surface area contributed by atoms with Gasteiger partial charge in [0.25, 0.3) is 0 Å². The van der Waals surface area contributed by atoms with Gasteiger partial charge in [-0.05, 0) is 42.3 Å². The molecule has 0 aliphatic rings. The minimum absolute atomic E-state index is 0.413. The van der Waals surface area contributed by atoms with E-state index < -0.39 is 11.9 Å². The Morgan fingerprint density at radius 3 is 2.37 bits per heavy atom.